The highest BCUT2D eigenvalue weighted by Crippen LogP contribution is 2.06. The van der Waals surface area contributed by atoms with Crippen molar-refractivity contribution < 1.29 is 23.5 Å². The van der Waals surface area contributed by atoms with Crippen molar-refractivity contribution in [1.29, 1.82) is 0 Å². The normalized spacial score (nSPS) is 10.0. The average molecular weight is 344 g/mol. The van der Waals surface area contributed by atoms with Gasteiger partial charge in [0, 0.05) is 6.54 Å². The molecule has 0 bridgehead atoms. The van der Waals surface area contributed by atoms with Crippen LogP contribution in [0, 0.1) is 5.82 Å². The number of rotatable bonds is 6. The van der Waals surface area contributed by atoms with Gasteiger partial charge in [0.25, 0.3) is 5.91 Å². The van der Waals surface area contributed by atoms with Crippen LogP contribution in [0.5, 0.6) is 0 Å². The molecule has 0 spiro atoms. The fraction of sp³-hybridized carbons (Fsp3) is 0.167. The van der Waals surface area contributed by atoms with Crippen LogP contribution in [0.25, 0.3) is 0 Å². The molecule has 0 aliphatic rings. The first-order valence-corrected chi connectivity index (χ1v) is 7.48. The van der Waals surface area contributed by atoms with Gasteiger partial charge >= 0.3 is 5.97 Å². The van der Waals surface area contributed by atoms with Crippen LogP contribution in [-0.4, -0.2) is 31.4 Å². The van der Waals surface area contributed by atoms with Crippen molar-refractivity contribution >= 4 is 17.8 Å². The second-order valence-corrected chi connectivity index (χ2v) is 5.13. The summed E-state index contributed by atoms with van der Waals surface area (Å²) in [5.41, 5.74) is 1.07. The Kier molecular flexibility index (Phi) is 6.22. The summed E-state index contributed by atoms with van der Waals surface area (Å²) >= 11 is 0. The Morgan fingerprint density at radius 1 is 1.00 bits per heavy atom. The van der Waals surface area contributed by atoms with E-state index >= 15 is 0 Å². The summed E-state index contributed by atoms with van der Waals surface area (Å²) in [6.45, 7) is -0.0384. The SMILES string of the molecule is COC(=O)c1ccc(CNC(=O)CNC(=O)c2ccccc2F)cc1. The molecule has 0 unspecified atom stereocenters. The Labute approximate surface area is 144 Å². The van der Waals surface area contributed by atoms with Crippen molar-refractivity contribution in [2.24, 2.45) is 0 Å². The molecule has 2 aromatic rings. The summed E-state index contributed by atoms with van der Waals surface area (Å²) in [5, 5.41) is 4.97. The Bertz CT molecular complexity index is 775. The predicted molar refractivity (Wildman–Crippen MR) is 88.4 cm³/mol. The fourth-order valence-corrected chi connectivity index (χ4v) is 2.04. The zero-order valence-electron chi connectivity index (χ0n) is 13.5. The highest BCUT2D eigenvalue weighted by atomic mass is 19.1. The number of carbonyl (C=O) groups excluding carboxylic acids is 3. The standard InChI is InChI=1S/C18H17FN2O4/c1-25-18(24)13-8-6-12(7-9-13)10-20-16(22)11-21-17(23)14-4-2-3-5-15(14)19/h2-9H,10-11H2,1H3,(H,20,22)(H,21,23). The maximum atomic E-state index is 13.5. The largest absolute Gasteiger partial charge is 0.465 e. The third kappa shape index (κ3) is 5.13. The van der Waals surface area contributed by atoms with Crippen LogP contribution in [0.15, 0.2) is 48.5 Å². The van der Waals surface area contributed by atoms with Gasteiger partial charge in [-0.25, -0.2) is 9.18 Å². The van der Waals surface area contributed by atoms with E-state index in [4.69, 9.17) is 0 Å². The van der Waals surface area contributed by atoms with E-state index in [2.05, 4.69) is 15.4 Å². The molecule has 0 heterocycles. The van der Waals surface area contributed by atoms with E-state index in [-0.39, 0.29) is 18.7 Å². The molecule has 25 heavy (non-hydrogen) atoms. The number of benzene rings is 2. The Morgan fingerprint density at radius 3 is 2.32 bits per heavy atom. The van der Waals surface area contributed by atoms with Crippen molar-refractivity contribution in [1.82, 2.24) is 10.6 Å². The molecule has 0 saturated carbocycles. The van der Waals surface area contributed by atoms with Gasteiger partial charge in [0.1, 0.15) is 5.82 Å². The number of nitrogens with one attached hydrogen (secondary N) is 2. The number of hydrogen-bond donors (Lipinski definition) is 2. The monoisotopic (exact) mass is 344 g/mol. The zero-order chi connectivity index (χ0) is 18.2. The maximum absolute atomic E-state index is 13.5. The fourth-order valence-electron chi connectivity index (χ4n) is 2.04. The van der Waals surface area contributed by atoms with Crippen molar-refractivity contribution in [2.45, 2.75) is 6.54 Å². The summed E-state index contributed by atoms with van der Waals surface area (Å²) in [7, 11) is 1.30. The summed E-state index contributed by atoms with van der Waals surface area (Å²) < 4.78 is 18.1. The predicted octanol–water partition coefficient (Wildman–Crippen LogP) is 1.66. The smallest absolute Gasteiger partial charge is 0.337 e. The molecule has 0 saturated heterocycles. The summed E-state index contributed by atoms with van der Waals surface area (Å²) in [6, 6.07) is 12.1. The molecule has 0 aliphatic carbocycles. The van der Waals surface area contributed by atoms with E-state index in [0.717, 1.165) is 5.56 Å². The highest BCUT2D eigenvalue weighted by molar-refractivity contribution is 5.96. The number of esters is 1. The molecule has 2 aromatic carbocycles. The van der Waals surface area contributed by atoms with Crippen molar-refractivity contribution in [3.8, 4) is 0 Å². The van der Waals surface area contributed by atoms with Gasteiger partial charge in [0.05, 0.1) is 24.8 Å². The lowest BCUT2D eigenvalue weighted by atomic mass is 10.1. The van der Waals surface area contributed by atoms with E-state index in [0.29, 0.717) is 5.56 Å². The van der Waals surface area contributed by atoms with Crippen LogP contribution in [0.3, 0.4) is 0 Å². The van der Waals surface area contributed by atoms with Crippen molar-refractivity contribution in [3.05, 3.63) is 71.0 Å². The quantitative estimate of drug-likeness (QED) is 0.781. The number of ether oxygens (including phenoxy) is 1. The van der Waals surface area contributed by atoms with Crippen molar-refractivity contribution in [3.63, 3.8) is 0 Å². The first-order valence-electron chi connectivity index (χ1n) is 7.48. The molecule has 0 radical (unpaired) electrons. The molecule has 0 aromatic heterocycles. The van der Waals surface area contributed by atoms with Crippen LogP contribution in [-0.2, 0) is 16.1 Å². The molecule has 6 nitrogen and oxygen atoms in total. The van der Waals surface area contributed by atoms with Crippen LogP contribution < -0.4 is 10.6 Å². The molecule has 0 aliphatic heterocycles. The Hall–Kier alpha value is -3.22. The summed E-state index contributed by atoms with van der Waals surface area (Å²) in [4.78, 5) is 34.9. The number of hydrogen-bond acceptors (Lipinski definition) is 4. The Morgan fingerprint density at radius 2 is 1.68 bits per heavy atom. The third-order valence-corrected chi connectivity index (χ3v) is 3.39. The van der Waals surface area contributed by atoms with Gasteiger partial charge in [-0.2, -0.15) is 0 Å². The van der Waals surface area contributed by atoms with Crippen LogP contribution in [0.2, 0.25) is 0 Å². The van der Waals surface area contributed by atoms with Gasteiger partial charge in [-0.3, -0.25) is 9.59 Å². The molecule has 2 rings (SSSR count). The lowest BCUT2D eigenvalue weighted by molar-refractivity contribution is -0.120. The summed E-state index contributed by atoms with van der Waals surface area (Å²) in [6.07, 6.45) is 0. The topological polar surface area (TPSA) is 84.5 Å². The number of carbonyl (C=O) groups is 3. The van der Waals surface area contributed by atoms with Gasteiger partial charge in [-0.1, -0.05) is 24.3 Å². The molecule has 0 atom stereocenters. The Balaban J connectivity index is 1.80. The molecule has 0 fully saturated rings. The van der Waals surface area contributed by atoms with Crippen LogP contribution >= 0.6 is 0 Å². The van der Waals surface area contributed by atoms with E-state index in [1.54, 1.807) is 24.3 Å². The second kappa shape index (κ2) is 8.58. The van der Waals surface area contributed by atoms with E-state index in [1.165, 1.54) is 31.4 Å². The van der Waals surface area contributed by atoms with Crippen molar-refractivity contribution in [2.75, 3.05) is 13.7 Å². The second-order valence-electron chi connectivity index (χ2n) is 5.13. The number of halogens is 1. The van der Waals surface area contributed by atoms with Gasteiger partial charge < -0.3 is 15.4 Å². The van der Waals surface area contributed by atoms with E-state index in [1.807, 2.05) is 0 Å². The molecular formula is C18H17FN2O4. The van der Waals surface area contributed by atoms with Gasteiger partial charge in [-0.15, -0.1) is 0 Å². The highest BCUT2D eigenvalue weighted by Gasteiger charge is 2.12. The molecule has 7 heteroatoms. The molecule has 2 N–H and O–H groups in total. The lowest BCUT2D eigenvalue weighted by Gasteiger charge is -2.08. The molecular weight excluding hydrogens is 327 g/mol. The van der Waals surface area contributed by atoms with Gasteiger partial charge in [0.2, 0.25) is 5.91 Å². The zero-order valence-corrected chi connectivity index (χ0v) is 13.5. The number of amides is 2. The third-order valence-electron chi connectivity index (χ3n) is 3.39. The molecule has 2 amide bonds. The minimum absolute atomic E-state index is 0.117. The van der Waals surface area contributed by atoms with Gasteiger partial charge in [0.15, 0.2) is 0 Å². The minimum atomic E-state index is -0.657. The van der Waals surface area contributed by atoms with Crippen LogP contribution in [0.1, 0.15) is 26.3 Å². The maximum Gasteiger partial charge on any atom is 0.337 e. The van der Waals surface area contributed by atoms with Crippen LogP contribution in [0.4, 0.5) is 4.39 Å². The first kappa shape index (κ1) is 18.1. The average Bonchev–Trinajstić information content (AvgIpc) is 2.64. The van der Waals surface area contributed by atoms with Gasteiger partial charge in [-0.05, 0) is 29.8 Å². The van der Waals surface area contributed by atoms with E-state index in [9.17, 15) is 18.8 Å². The number of methoxy groups -OCH3 is 1. The summed E-state index contributed by atoms with van der Waals surface area (Å²) in [5.74, 6) is -2.16. The van der Waals surface area contributed by atoms with E-state index < -0.39 is 23.6 Å². The minimum Gasteiger partial charge on any atom is -0.465 e. The molecule has 130 valence electrons. The first-order chi connectivity index (χ1) is 12.0. The lowest BCUT2D eigenvalue weighted by Crippen LogP contribution is -2.36.